The Labute approximate surface area is 165 Å². The fourth-order valence-electron chi connectivity index (χ4n) is 3.23. The van der Waals surface area contributed by atoms with Gasteiger partial charge in [-0.05, 0) is 47.4 Å². The molecule has 6 nitrogen and oxygen atoms in total. The lowest BCUT2D eigenvalue weighted by Crippen LogP contribution is -2.28. The van der Waals surface area contributed by atoms with Crippen molar-refractivity contribution in [2.75, 3.05) is 23.9 Å². The normalized spacial score (nSPS) is 16.9. The Morgan fingerprint density at radius 2 is 1.86 bits per heavy atom. The molecule has 2 N–H and O–H groups in total. The van der Waals surface area contributed by atoms with Crippen LogP contribution in [0, 0.1) is 5.92 Å². The number of hydrogen-bond acceptors (Lipinski definition) is 4. The number of phenols is 1. The Kier molecular flexibility index (Phi) is 5.31. The quantitative estimate of drug-likeness (QED) is 0.791. The zero-order valence-corrected chi connectivity index (χ0v) is 16.7. The van der Waals surface area contributed by atoms with Crippen molar-refractivity contribution in [1.29, 1.82) is 0 Å². The molecule has 1 fully saturated rings. The van der Waals surface area contributed by atoms with Crippen LogP contribution in [0.4, 0.5) is 11.4 Å². The smallest absolute Gasteiger partial charge is 0.229 e. The largest absolute Gasteiger partial charge is 0.506 e. The highest BCUT2D eigenvalue weighted by Gasteiger charge is 2.35. The summed E-state index contributed by atoms with van der Waals surface area (Å²) in [6.07, 6.45) is 0.136. The van der Waals surface area contributed by atoms with Crippen LogP contribution in [0.5, 0.6) is 11.5 Å². The molecule has 0 radical (unpaired) electrons. The van der Waals surface area contributed by atoms with Crippen LogP contribution in [-0.2, 0) is 15.0 Å². The van der Waals surface area contributed by atoms with Crippen molar-refractivity contribution in [2.24, 2.45) is 5.92 Å². The molecule has 0 bridgehead atoms. The van der Waals surface area contributed by atoms with E-state index in [-0.39, 0.29) is 29.4 Å². The fourth-order valence-corrected chi connectivity index (χ4v) is 3.23. The number of amides is 2. The molecule has 2 aromatic carbocycles. The molecule has 0 saturated carbocycles. The van der Waals surface area contributed by atoms with E-state index in [9.17, 15) is 14.7 Å². The second-order valence-electron chi connectivity index (χ2n) is 8.07. The maximum absolute atomic E-state index is 12.7. The van der Waals surface area contributed by atoms with Crippen LogP contribution < -0.4 is 15.0 Å². The van der Waals surface area contributed by atoms with Crippen molar-refractivity contribution in [3.05, 3.63) is 48.0 Å². The molecule has 1 unspecified atom stereocenters. The van der Waals surface area contributed by atoms with Crippen molar-refractivity contribution in [1.82, 2.24) is 0 Å². The van der Waals surface area contributed by atoms with Gasteiger partial charge in [0, 0.05) is 18.7 Å². The number of nitrogens with zero attached hydrogens (tertiary/aromatic N) is 1. The van der Waals surface area contributed by atoms with Crippen molar-refractivity contribution in [3.63, 3.8) is 0 Å². The zero-order chi connectivity index (χ0) is 20.5. The van der Waals surface area contributed by atoms with Gasteiger partial charge in [-0.15, -0.1) is 0 Å². The maximum atomic E-state index is 12.7. The van der Waals surface area contributed by atoms with Crippen molar-refractivity contribution in [3.8, 4) is 11.5 Å². The molecule has 0 spiro atoms. The highest BCUT2D eigenvalue weighted by molar-refractivity contribution is 6.04. The van der Waals surface area contributed by atoms with E-state index in [0.717, 1.165) is 11.3 Å². The van der Waals surface area contributed by atoms with Gasteiger partial charge in [-0.1, -0.05) is 26.8 Å². The number of benzene rings is 2. The van der Waals surface area contributed by atoms with Crippen molar-refractivity contribution in [2.45, 2.75) is 32.6 Å². The number of phenolic OH excluding ortho intramolecular Hbond substituents is 1. The number of aromatic hydroxyl groups is 1. The van der Waals surface area contributed by atoms with E-state index in [1.165, 1.54) is 0 Å². The van der Waals surface area contributed by atoms with E-state index >= 15 is 0 Å². The standard InChI is InChI=1S/C22H26N2O4/c1-22(2,3)15-5-10-19(25)18(12-15)23-21(27)14-11-20(26)24(13-14)16-6-8-17(28-4)9-7-16/h5-10,12,14,25H,11,13H2,1-4H3,(H,23,27). The van der Waals surface area contributed by atoms with Gasteiger partial charge in [0.1, 0.15) is 11.5 Å². The number of methoxy groups -OCH3 is 1. The number of rotatable bonds is 4. The van der Waals surface area contributed by atoms with Gasteiger partial charge in [0.15, 0.2) is 0 Å². The van der Waals surface area contributed by atoms with Gasteiger partial charge in [-0.25, -0.2) is 0 Å². The predicted molar refractivity (Wildman–Crippen MR) is 109 cm³/mol. The van der Waals surface area contributed by atoms with Gasteiger partial charge in [-0.2, -0.15) is 0 Å². The van der Waals surface area contributed by atoms with E-state index in [2.05, 4.69) is 26.1 Å². The van der Waals surface area contributed by atoms with Crippen LogP contribution >= 0.6 is 0 Å². The van der Waals surface area contributed by atoms with Gasteiger partial charge in [0.25, 0.3) is 0 Å². The van der Waals surface area contributed by atoms with Crippen LogP contribution in [0.3, 0.4) is 0 Å². The van der Waals surface area contributed by atoms with Crippen LogP contribution in [0.25, 0.3) is 0 Å². The Bertz CT molecular complexity index is 884. The molecule has 1 atom stereocenters. The van der Waals surface area contributed by atoms with Crippen LogP contribution in [0.1, 0.15) is 32.8 Å². The Morgan fingerprint density at radius 3 is 2.46 bits per heavy atom. The Hall–Kier alpha value is -3.02. The van der Waals surface area contributed by atoms with Gasteiger partial charge in [0.05, 0.1) is 18.7 Å². The molecule has 1 saturated heterocycles. The SMILES string of the molecule is COc1ccc(N2CC(C(=O)Nc3cc(C(C)(C)C)ccc3O)CC2=O)cc1. The average molecular weight is 382 g/mol. The number of anilines is 2. The van der Waals surface area contributed by atoms with E-state index in [0.29, 0.717) is 18.0 Å². The summed E-state index contributed by atoms with van der Waals surface area (Å²) >= 11 is 0. The lowest BCUT2D eigenvalue weighted by atomic mass is 9.87. The Balaban J connectivity index is 1.73. The number of carbonyl (C=O) groups excluding carboxylic acids is 2. The molecule has 0 aromatic heterocycles. The molecule has 2 aromatic rings. The topological polar surface area (TPSA) is 78.9 Å². The molecule has 1 aliphatic heterocycles. The van der Waals surface area contributed by atoms with Crippen LogP contribution in [0.2, 0.25) is 0 Å². The number of carbonyl (C=O) groups is 2. The van der Waals surface area contributed by atoms with Gasteiger partial charge in [-0.3, -0.25) is 9.59 Å². The Morgan fingerprint density at radius 1 is 1.18 bits per heavy atom. The summed E-state index contributed by atoms with van der Waals surface area (Å²) in [5, 5.41) is 12.9. The molecular weight excluding hydrogens is 356 g/mol. The first-order valence-electron chi connectivity index (χ1n) is 9.28. The van der Waals surface area contributed by atoms with Gasteiger partial charge < -0.3 is 20.1 Å². The average Bonchev–Trinajstić information content (AvgIpc) is 3.04. The summed E-state index contributed by atoms with van der Waals surface area (Å²) in [6.45, 7) is 6.49. The number of ether oxygens (including phenoxy) is 1. The summed E-state index contributed by atoms with van der Waals surface area (Å²) in [4.78, 5) is 26.8. The second-order valence-corrected chi connectivity index (χ2v) is 8.07. The summed E-state index contributed by atoms with van der Waals surface area (Å²) in [5.41, 5.74) is 2.00. The van der Waals surface area contributed by atoms with E-state index in [4.69, 9.17) is 4.74 Å². The maximum Gasteiger partial charge on any atom is 0.229 e. The third-order valence-corrected chi connectivity index (χ3v) is 5.00. The zero-order valence-electron chi connectivity index (χ0n) is 16.7. The minimum absolute atomic E-state index is 0.0117. The predicted octanol–water partition coefficient (Wildman–Crippen LogP) is 3.69. The lowest BCUT2D eigenvalue weighted by molar-refractivity contribution is -0.122. The molecule has 1 aliphatic rings. The molecule has 28 heavy (non-hydrogen) atoms. The summed E-state index contributed by atoms with van der Waals surface area (Å²) < 4.78 is 5.14. The summed E-state index contributed by atoms with van der Waals surface area (Å²) in [6, 6.07) is 12.4. The molecule has 2 amide bonds. The highest BCUT2D eigenvalue weighted by Crippen LogP contribution is 2.32. The summed E-state index contributed by atoms with van der Waals surface area (Å²) in [5.74, 6) is -0.132. The van der Waals surface area contributed by atoms with Crippen LogP contribution in [-0.4, -0.2) is 30.6 Å². The van der Waals surface area contributed by atoms with E-state index in [1.807, 2.05) is 6.07 Å². The molecule has 0 aliphatic carbocycles. The molecule has 148 valence electrons. The van der Waals surface area contributed by atoms with Gasteiger partial charge in [0.2, 0.25) is 11.8 Å². The van der Waals surface area contributed by atoms with Crippen LogP contribution in [0.15, 0.2) is 42.5 Å². The third-order valence-electron chi connectivity index (χ3n) is 5.00. The minimum Gasteiger partial charge on any atom is -0.506 e. The molecule has 3 rings (SSSR count). The van der Waals surface area contributed by atoms with Gasteiger partial charge >= 0.3 is 0 Å². The minimum atomic E-state index is -0.479. The van der Waals surface area contributed by atoms with Crippen molar-refractivity contribution < 1.29 is 19.4 Å². The lowest BCUT2D eigenvalue weighted by Gasteiger charge is -2.21. The summed E-state index contributed by atoms with van der Waals surface area (Å²) in [7, 11) is 1.58. The number of nitrogens with one attached hydrogen (secondary N) is 1. The molecule has 1 heterocycles. The third kappa shape index (κ3) is 4.11. The first-order valence-corrected chi connectivity index (χ1v) is 9.28. The molecule has 6 heteroatoms. The highest BCUT2D eigenvalue weighted by atomic mass is 16.5. The van der Waals surface area contributed by atoms with E-state index < -0.39 is 5.92 Å². The second kappa shape index (κ2) is 7.54. The van der Waals surface area contributed by atoms with Crippen molar-refractivity contribution >= 4 is 23.2 Å². The number of hydrogen-bond donors (Lipinski definition) is 2. The first-order chi connectivity index (χ1) is 13.2. The molecular formula is C22H26N2O4. The fraction of sp³-hybridized carbons (Fsp3) is 0.364. The van der Waals surface area contributed by atoms with E-state index in [1.54, 1.807) is 48.4 Å². The monoisotopic (exact) mass is 382 g/mol. The first kappa shape index (κ1) is 19.7.